The van der Waals surface area contributed by atoms with E-state index in [0.29, 0.717) is 6.61 Å². The molecule has 0 aromatic heterocycles. The third kappa shape index (κ3) is 4.86. The Kier molecular flexibility index (Phi) is 7.01. The van der Waals surface area contributed by atoms with Crippen molar-refractivity contribution in [2.45, 2.75) is 78.6 Å². The first-order valence-corrected chi connectivity index (χ1v) is 18.0. The van der Waals surface area contributed by atoms with E-state index in [2.05, 4.69) is 149 Å². The first-order chi connectivity index (χ1) is 22.4. The molecule has 0 fully saturated rings. The van der Waals surface area contributed by atoms with Crippen LogP contribution in [0.2, 0.25) is 0 Å². The molecule has 0 N–H and O–H groups in total. The molecule has 0 spiro atoms. The van der Waals surface area contributed by atoms with Crippen molar-refractivity contribution in [1.82, 2.24) is 0 Å². The summed E-state index contributed by atoms with van der Waals surface area (Å²) >= 11 is 4.05. The summed E-state index contributed by atoms with van der Waals surface area (Å²) in [6.07, 6.45) is 3.39. The molecule has 0 saturated heterocycles. The summed E-state index contributed by atoms with van der Waals surface area (Å²) in [4.78, 5) is 0. The molecule has 0 aliphatic carbocycles. The molecule has 2 heteroatoms. The van der Waals surface area contributed by atoms with E-state index in [0.717, 1.165) is 16.6 Å². The van der Waals surface area contributed by atoms with Gasteiger partial charge in [-0.2, -0.15) is 0 Å². The minimum Gasteiger partial charge on any atom is -0.493 e. The summed E-state index contributed by atoms with van der Waals surface area (Å²) in [5.74, 6) is 0.972. The highest BCUT2D eigenvalue weighted by Crippen LogP contribution is 2.50. The lowest BCUT2D eigenvalue weighted by Crippen LogP contribution is -2.11. The van der Waals surface area contributed by atoms with Crippen molar-refractivity contribution in [3.05, 3.63) is 101 Å². The molecule has 8 aromatic rings. The van der Waals surface area contributed by atoms with Gasteiger partial charge in [0.25, 0.3) is 0 Å². The molecule has 8 aromatic carbocycles. The van der Waals surface area contributed by atoms with Crippen LogP contribution in [0.25, 0.3) is 75.8 Å². The average molecular weight is 680 g/mol. The largest absolute Gasteiger partial charge is 0.493 e. The highest BCUT2D eigenvalue weighted by Gasteiger charge is 2.24. The number of benzene rings is 8. The van der Waals surface area contributed by atoms with Crippen LogP contribution >= 0.6 is 15.9 Å². The SMILES string of the molecule is CCCCCOc1cc2ccc3cc(C(C)(C)C)cc4ccc(c1-c1cc(Br)c5ccc6cc(C(C)(C)C)cc7ccc1c5c67)c2c34. The first kappa shape index (κ1) is 30.5. The summed E-state index contributed by atoms with van der Waals surface area (Å²) in [7, 11) is 0. The van der Waals surface area contributed by atoms with E-state index in [1.165, 1.54) is 99.7 Å². The molecular formula is C45H43BrO. The quantitative estimate of drug-likeness (QED) is 0.126. The molecule has 0 atom stereocenters. The minimum atomic E-state index is 0.0789. The molecule has 0 heterocycles. The van der Waals surface area contributed by atoms with Crippen LogP contribution in [-0.2, 0) is 10.8 Å². The van der Waals surface area contributed by atoms with E-state index in [9.17, 15) is 0 Å². The van der Waals surface area contributed by atoms with Gasteiger partial charge in [-0.05, 0) is 111 Å². The molecule has 236 valence electrons. The molecule has 0 radical (unpaired) electrons. The summed E-state index contributed by atoms with van der Waals surface area (Å²) in [5.41, 5.74) is 5.31. The zero-order chi connectivity index (χ0) is 32.8. The van der Waals surface area contributed by atoms with Crippen LogP contribution in [0, 0.1) is 0 Å². The maximum Gasteiger partial charge on any atom is 0.128 e. The second-order valence-corrected chi connectivity index (χ2v) is 16.5. The predicted octanol–water partition coefficient (Wildman–Crippen LogP) is 14.1. The monoisotopic (exact) mass is 678 g/mol. The average Bonchev–Trinajstić information content (AvgIpc) is 3.03. The van der Waals surface area contributed by atoms with Crippen molar-refractivity contribution < 1.29 is 4.74 Å². The summed E-state index contributed by atoms with van der Waals surface area (Å²) in [5, 5.41) is 15.6. The second kappa shape index (κ2) is 10.8. The van der Waals surface area contributed by atoms with E-state index >= 15 is 0 Å². The maximum atomic E-state index is 6.78. The van der Waals surface area contributed by atoms with Crippen molar-refractivity contribution >= 4 is 80.6 Å². The summed E-state index contributed by atoms with van der Waals surface area (Å²) < 4.78 is 7.89. The fourth-order valence-electron chi connectivity index (χ4n) is 7.74. The van der Waals surface area contributed by atoms with E-state index in [4.69, 9.17) is 4.74 Å². The van der Waals surface area contributed by atoms with Crippen LogP contribution in [0.5, 0.6) is 5.75 Å². The van der Waals surface area contributed by atoms with E-state index in [1.807, 2.05) is 0 Å². The van der Waals surface area contributed by atoms with Gasteiger partial charge in [-0.1, -0.05) is 150 Å². The van der Waals surface area contributed by atoms with Crippen molar-refractivity contribution in [2.75, 3.05) is 6.61 Å². The number of halogens is 1. The lowest BCUT2D eigenvalue weighted by atomic mass is 9.81. The van der Waals surface area contributed by atoms with Gasteiger partial charge in [0.15, 0.2) is 0 Å². The van der Waals surface area contributed by atoms with Gasteiger partial charge in [0, 0.05) is 10.0 Å². The van der Waals surface area contributed by atoms with E-state index in [1.54, 1.807) is 0 Å². The normalized spacial score (nSPS) is 13.0. The molecule has 0 amide bonds. The molecular weight excluding hydrogens is 636 g/mol. The third-order valence-corrected chi connectivity index (χ3v) is 11.0. The molecule has 0 bridgehead atoms. The van der Waals surface area contributed by atoms with Crippen LogP contribution in [-0.4, -0.2) is 6.61 Å². The maximum absolute atomic E-state index is 6.78. The van der Waals surface area contributed by atoms with Crippen LogP contribution in [0.3, 0.4) is 0 Å². The highest BCUT2D eigenvalue weighted by molar-refractivity contribution is 9.10. The van der Waals surface area contributed by atoms with Crippen LogP contribution < -0.4 is 4.74 Å². The first-order valence-electron chi connectivity index (χ1n) is 17.2. The molecule has 47 heavy (non-hydrogen) atoms. The van der Waals surface area contributed by atoms with Gasteiger partial charge in [0.1, 0.15) is 5.75 Å². The van der Waals surface area contributed by atoms with Gasteiger partial charge in [0.05, 0.1) is 6.61 Å². The Hall–Kier alpha value is -3.88. The summed E-state index contributed by atoms with van der Waals surface area (Å²) in [6, 6.07) is 32.8. The Balaban J connectivity index is 1.47. The van der Waals surface area contributed by atoms with Gasteiger partial charge in [0.2, 0.25) is 0 Å². The van der Waals surface area contributed by atoms with Gasteiger partial charge in [-0.25, -0.2) is 0 Å². The number of rotatable bonds is 6. The molecule has 0 unspecified atom stereocenters. The fraction of sp³-hybridized carbons (Fsp3) is 0.289. The topological polar surface area (TPSA) is 9.23 Å². The van der Waals surface area contributed by atoms with Crippen molar-refractivity contribution in [1.29, 1.82) is 0 Å². The second-order valence-electron chi connectivity index (χ2n) is 15.7. The van der Waals surface area contributed by atoms with Gasteiger partial charge in [-0.3, -0.25) is 0 Å². The number of unbranched alkanes of at least 4 members (excludes halogenated alkanes) is 2. The molecule has 0 aliphatic rings. The Labute approximate surface area is 286 Å². The zero-order valence-electron chi connectivity index (χ0n) is 28.7. The Morgan fingerprint density at radius 1 is 0.532 bits per heavy atom. The Bertz CT molecular complexity index is 2430. The van der Waals surface area contributed by atoms with E-state index in [-0.39, 0.29) is 10.8 Å². The van der Waals surface area contributed by atoms with Crippen LogP contribution in [0.4, 0.5) is 0 Å². The van der Waals surface area contributed by atoms with Gasteiger partial charge >= 0.3 is 0 Å². The smallest absolute Gasteiger partial charge is 0.128 e. The van der Waals surface area contributed by atoms with Crippen LogP contribution in [0.15, 0.2) is 89.4 Å². The standard InChI is InChI=1S/C45H43BrO/c1-8-9-10-19-47-38-24-30-12-11-26-20-31(44(2,3)4)21-27-15-18-35(41(30)39(26)27)42(38)36-25-37(46)34-17-14-29-23-32(45(5,6)7)22-28-13-16-33(36)43(34)40(28)29/h11-18,20-25H,8-10,19H2,1-7H3. The third-order valence-electron chi connectivity index (χ3n) is 10.4. The molecule has 1 nitrogen and oxygen atoms in total. The zero-order valence-corrected chi connectivity index (χ0v) is 30.3. The number of ether oxygens (including phenoxy) is 1. The van der Waals surface area contributed by atoms with Crippen molar-refractivity contribution in [3.63, 3.8) is 0 Å². The van der Waals surface area contributed by atoms with E-state index < -0.39 is 0 Å². The summed E-state index contributed by atoms with van der Waals surface area (Å²) in [6.45, 7) is 16.8. The number of hydrogen-bond acceptors (Lipinski definition) is 1. The molecule has 8 rings (SSSR count). The van der Waals surface area contributed by atoms with Crippen LogP contribution in [0.1, 0.15) is 78.9 Å². The minimum absolute atomic E-state index is 0.0789. The van der Waals surface area contributed by atoms with Crippen molar-refractivity contribution in [3.8, 4) is 16.9 Å². The molecule has 0 aliphatic heterocycles. The van der Waals surface area contributed by atoms with Crippen molar-refractivity contribution in [2.24, 2.45) is 0 Å². The highest BCUT2D eigenvalue weighted by atomic mass is 79.9. The number of hydrogen-bond donors (Lipinski definition) is 0. The van der Waals surface area contributed by atoms with Gasteiger partial charge < -0.3 is 4.74 Å². The Morgan fingerprint density at radius 2 is 1.02 bits per heavy atom. The fourth-order valence-corrected chi connectivity index (χ4v) is 8.30. The lowest BCUT2D eigenvalue weighted by molar-refractivity contribution is 0.308. The predicted molar refractivity (Wildman–Crippen MR) is 209 cm³/mol. The Morgan fingerprint density at radius 3 is 1.57 bits per heavy atom. The van der Waals surface area contributed by atoms with Gasteiger partial charge in [-0.15, -0.1) is 0 Å². The molecule has 0 saturated carbocycles. The lowest BCUT2D eigenvalue weighted by Gasteiger charge is -2.24.